The molecule has 3 rings (SSSR count). The first kappa shape index (κ1) is 49.5. The first-order valence-electron chi connectivity index (χ1n) is 22.4. The number of aliphatic hydroxyl groups excluding tert-OH is 1. The van der Waals surface area contributed by atoms with Crippen LogP contribution in [0.25, 0.3) is 0 Å². The van der Waals surface area contributed by atoms with Crippen LogP contribution in [-0.2, 0) is 33.0 Å². The maximum atomic E-state index is 13.7. The molecule has 0 unspecified atom stereocenters. The van der Waals surface area contributed by atoms with Crippen molar-refractivity contribution >= 4 is 25.9 Å². The van der Waals surface area contributed by atoms with Crippen LogP contribution < -0.4 is 10.6 Å². The fourth-order valence-electron chi connectivity index (χ4n) is 8.19. The first-order valence-corrected chi connectivity index (χ1v) is 25.3. The van der Waals surface area contributed by atoms with Gasteiger partial charge in [0.25, 0.3) is 0 Å². The van der Waals surface area contributed by atoms with E-state index >= 15 is 0 Å². The maximum Gasteiger partial charge on any atom is 0.225 e. The first-order chi connectivity index (χ1) is 26.6. The van der Waals surface area contributed by atoms with Gasteiger partial charge in [-0.3, -0.25) is 14.4 Å². The Hall–Kier alpha value is -1.89. The third kappa shape index (κ3) is 15.9. The summed E-state index contributed by atoms with van der Waals surface area (Å²) in [4.78, 5) is 39.2. The molecular formula is C46H82N2O8Si. The van der Waals surface area contributed by atoms with E-state index in [0.717, 1.165) is 76.2 Å². The van der Waals surface area contributed by atoms with E-state index in [-0.39, 0.29) is 65.9 Å². The number of hydrogen-bond acceptors (Lipinski definition) is 8. The quantitative estimate of drug-likeness (QED) is 0.0481. The molecule has 0 aromatic rings. The van der Waals surface area contributed by atoms with Gasteiger partial charge in [0.1, 0.15) is 0 Å². The molecule has 1 spiro atoms. The molecule has 3 heterocycles. The highest BCUT2D eigenvalue weighted by molar-refractivity contribution is 6.74. The molecule has 0 radical (unpaired) electrons. The van der Waals surface area contributed by atoms with Crippen LogP contribution in [0.2, 0.25) is 18.1 Å². The van der Waals surface area contributed by atoms with Gasteiger partial charge in [-0.15, -0.1) is 0 Å². The highest BCUT2D eigenvalue weighted by Gasteiger charge is 2.45. The number of ether oxygens (including phenoxy) is 3. The second kappa shape index (κ2) is 22.6. The van der Waals surface area contributed by atoms with Crippen LogP contribution in [0, 0.1) is 23.7 Å². The lowest BCUT2D eigenvalue weighted by Gasteiger charge is -2.48. The smallest absolute Gasteiger partial charge is 0.225 e. The molecule has 0 saturated carbocycles. The summed E-state index contributed by atoms with van der Waals surface area (Å²) < 4.78 is 26.6. The molecule has 3 aliphatic rings. The maximum absolute atomic E-state index is 13.7. The van der Waals surface area contributed by atoms with Gasteiger partial charge in [-0.25, -0.2) is 0 Å². The van der Waals surface area contributed by atoms with Crippen LogP contribution in [0.1, 0.15) is 153 Å². The van der Waals surface area contributed by atoms with E-state index in [1.807, 2.05) is 27.7 Å². The fraction of sp³-hybridized carbons (Fsp3) is 0.848. The van der Waals surface area contributed by atoms with E-state index in [9.17, 15) is 19.5 Å². The van der Waals surface area contributed by atoms with Crippen molar-refractivity contribution in [1.82, 2.24) is 10.6 Å². The summed E-state index contributed by atoms with van der Waals surface area (Å²) in [5.74, 6) is -0.138. The van der Waals surface area contributed by atoms with Crippen LogP contribution in [-0.4, -0.2) is 86.5 Å². The zero-order chi connectivity index (χ0) is 42.6. The van der Waals surface area contributed by atoms with Crippen LogP contribution in [0.15, 0.2) is 23.8 Å². The van der Waals surface area contributed by atoms with Gasteiger partial charge < -0.3 is 34.4 Å². The average molecular weight is 819 g/mol. The van der Waals surface area contributed by atoms with Crippen LogP contribution in [0.3, 0.4) is 0 Å². The van der Waals surface area contributed by atoms with Gasteiger partial charge in [-0.05, 0) is 126 Å². The van der Waals surface area contributed by atoms with Crippen molar-refractivity contribution < 1.29 is 38.1 Å². The van der Waals surface area contributed by atoms with E-state index in [0.29, 0.717) is 24.8 Å². The number of carbonyl (C=O) groups excluding carboxylic acids is 3. The van der Waals surface area contributed by atoms with Gasteiger partial charge in [-0.2, -0.15) is 0 Å². The lowest BCUT2D eigenvalue weighted by Crippen LogP contribution is -2.52. The van der Waals surface area contributed by atoms with Gasteiger partial charge >= 0.3 is 0 Å². The molecule has 3 N–H and O–H groups in total. The minimum Gasteiger partial charge on any atom is -0.411 e. The van der Waals surface area contributed by atoms with E-state index < -0.39 is 32.2 Å². The second-order valence-electron chi connectivity index (χ2n) is 19.5. The van der Waals surface area contributed by atoms with Crippen molar-refractivity contribution in [2.45, 2.75) is 213 Å². The van der Waals surface area contributed by atoms with E-state index in [1.165, 1.54) is 0 Å². The molecule has 328 valence electrons. The Morgan fingerprint density at radius 2 is 1.63 bits per heavy atom. The molecule has 3 fully saturated rings. The van der Waals surface area contributed by atoms with Crippen molar-refractivity contribution in [2.75, 3.05) is 13.1 Å². The number of nitrogens with one attached hydrogen (secondary N) is 2. The van der Waals surface area contributed by atoms with Crippen LogP contribution in [0.5, 0.6) is 0 Å². The number of amides is 2. The fourth-order valence-corrected chi connectivity index (χ4v) is 9.59. The summed E-state index contributed by atoms with van der Waals surface area (Å²) in [6.45, 7) is 25.8. The summed E-state index contributed by atoms with van der Waals surface area (Å²) >= 11 is 0. The number of aliphatic hydroxyl groups is 1. The zero-order valence-electron chi connectivity index (χ0n) is 37.9. The molecule has 0 aromatic carbocycles. The van der Waals surface area contributed by atoms with E-state index in [4.69, 9.17) is 18.6 Å². The Balaban J connectivity index is 1.53. The van der Waals surface area contributed by atoms with Crippen molar-refractivity contribution in [3.05, 3.63) is 23.8 Å². The second-order valence-corrected chi connectivity index (χ2v) is 24.3. The van der Waals surface area contributed by atoms with Gasteiger partial charge in [0, 0.05) is 32.4 Å². The summed E-state index contributed by atoms with van der Waals surface area (Å²) in [6, 6.07) is 0. The number of allylic oxidation sites excluding steroid dienone is 3. The third-order valence-electron chi connectivity index (χ3n) is 13.4. The number of ketones is 1. The summed E-state index contributed by atoms with van der Waals surface area (Å²) in [5, 5.41) is 16.1. The van der Waals surface area contributed by atoms with Gasteiger partial charge in [0.05, 0.1) is 49.0 Å². The predicted molar refractivity (Wildman–Crippen MR) is 231 cm³/mol. The Bertz CT molecular complexity index is 1340. The summed E-state index contributed by atoms with van der Waals surface area (Å²) in [7, 11) is -2.28. The molecule has 57 heavy (non-hydrogen) atoms. The molecule has 3 saturated heterocycles. The molecule has 10 nitrogen and oxygen atoms in total. The van der Waals surface area contributed by atoms with E-state index in [1.54, 1.807) is 12.2 Å². The lowest BCUT2D eigenvalue weighted by atomic mass is 9.85. The standard InChI is InChI=1S/C46H82N2O8Si/c1-13-16-37(50)28-39-22-20-32(3)41(53-39)29-43(51)48-30-42(56-57(11,12)45(8,9)10)35(6)44(52)47-26-15-18-40-33(4)23-25-46(55-40)24-14-17-38(54-46)21-19-31(2)27-34(5)36(7)49/h13,16,27,31-33,35-36,38-42,49H,14-15,17-26,28-30H2,1-12H3,(H,47,52)(H,48,51)/b16-13+,34-27+/t31-,32+,33-,35-,36-,38-,39+,40+,41+,42-,46-/m0/s1. The third-order valence-corrected chi connectivity index (χ3v) is 17.9. The summed E-state index contributed by atoms with van der Waals surface area (Å²) in [5.41, 5.74) is 1.02. The Labute approximate surface area is 347 Å². The summed E-state index contributed by atoms with van der Waals surface area (Å²) in [6.07, 6.45) is 15.4. The largest absolute Gasteiger partial charge is 0.411 e. The predicted octanol–water partition coefficient (Wildman–Crippen LogP) is 8.96. The zero-order valence-corrected chi connectivity index (χ0v) is 38.9. The van der Waals surface area contributed by atoms with Crippen LogP contribution >= 0.6 is 0 Å². The topological polar surface area (TPSA) is 132 Å². The number of hydrogen-bond donors (Lipinski definition) is 3. The van der Waals surface area contributed by atoms with Gasteiger partial charge in [0.2, 0.25) is 11.8 Å². The molecule has 11 atom stereocenters. The molecule has 11 heteroatoms. The normalized spacial score (nSPS) is 29.8. The number of carbonyl (C=O) groups is 3. The van der Waals surface area contributed by atoms with Gasteiger partial charge in [-0.1, -0.05) is 60.6 Å². The lowest BCUT2D eigenvalue weighted by molar-refractivity contribution is -0.324. The highest BCUT2D eigenvalue weighted by Crippen LogP contribution is 2.43. The van der Waals surface area contributed by atoms with Crippen molar-refractivity contribution in [3.8, 4) is 0 Å². The van der Waals surface area contributed by atoms with Crippen molar-refractivity contribution in [2.24, 2.45) is 23.7 Å². The SMILES string of the molecule is C/C=C/C(=O)C[C@H]1CC[C@@H](C)[C@@H](CC(=O)NC[C@H](O[Si](C)(C)C(C)(C)C)[C@H](C)C(=O)NCCC[C@H]2O[C@@]3(CCC[C@@H](CC[C@H](C)/C=C(\C)[C@H](C)O)O3)CC[C@@H]2C)O1. The Morgan fingerprint density at radius 1 is 0.930 bits per heavy atom. The molecule has 0 aromatic heterocycles. The Morgan fingerprint density at radius 3 is 2.30 bits per heavy atom. The average Bonchev–Trinajstić information content (AvgIpc) is 3.13. The molecule has 2 amide bonds. The van der Waals surface area contributed by atoms with Crippen LogP contribution in [0.4, 0.5) is 0 Å². The highest BCUT2D eigenvalue weighted by atomic mass is 28.4. The minimum atomic E-state index is -2.28. The molecule has 0 aliphatic carbocycles. The van der Waals surface area contributed by atoms with Crippen molar-refractivity contribution in [3.63, 3.8) is 0 Å². The van der Waals surface area contributed by atoms with E-state index in [2.05, 4.69) is 71.3 Å². The minimum absolute atomic E-state index is 0.0432. The molecule has 3 aliphatic heterocycles. The molecular weight excluding hydrogens is 737 g/mol. The monoisotopic (exact) mass is 819 g/mol. The van der Waals surface area contributed by atoms with Crippen molar-refractivity contribution in [1.29, 1.82) is 0 Å². The molecule has 0 bridgehead atoms. The van der Waals surface area contributed by atoms with Gasteiger partial charge in [0.15, 0.2) is 19.9 Å². The Kier molecular flexibility index (Phi) is 19.6. The number of rotatable bonds is 20.